The Bertz CT molecular complexity index is 936. The highest BCUT2D eigenvalue weighted by Gasteiger charge is 2.35. The molecule has 25 heavy (non-hydrogen) atoms. The first kappa shape index (κ1) is 17.4. The van der Waals surface area contributed by atoms with Gasteiger partial charge in [0.15, 0.2) is 0 Å². The molecule has 2 aromatic rings. The third-order valence-electron chi connectivity index (χ3n) is 3.89. The quantitative estimate of drug-likeness (QED) is 0.760. The van der Waals surface area contributed by atoms with E-state index in [0.29, 0.717) is 27.5 Å². The molecule has 130 valence electrons. The number of anilines is 1. The first-order valence-corrected chi connectivity index (χ1v) is 8.08. The SMILES string of the molecule is COC(=O)OC1=C(C)Nc2cc[nH]c(=O)c2C1c1cccc(Cl)c1Cl. The lowest BCUT2D eigenvalue weighted by Gasteiger charge is -2.29. The number of aromatic amines is 1. The second kappa shape index (κ2) is 6.82. The van der Waals surface area contributed by atoms with Crippen molar-refractivity contribution in [1.29, 1.82) is 0 Å². The summed E-state index contributed by atoms with van der Waals surface area (Å²) in [5.74, 6) is -0.494. The van der Waals surface area contributed by atoms with Gasteiger partial charge in [0.05, 0.1) is 34.3 Å². The highest BCUT2D eigenvalue weighted by atomic mass is 35.5. The number of H-pyrrole nitrogens is 1. The summed E-state index contributed by atoms with van der Waals surface area (Å²) in [7, 11) is 1.20. The Morgan fingerprint density at radius 3 is 2.72 bits per heavy atom. The molecule has 3 rings (SSSR count). The third kappa shape index (κ3) is 3.10. The normalized spacial score (nSPS) is 16.1. The van der Waals surface area contributed by atoms with Crippen LogP contribution in [0.5, 0.6) is 0 Å². The van der Waals surface area contributed by atoms with Crippen molar-refractivity contribution in [3.63, 3.8) is 0 Å². The van der Waals surface area contributed by atoms with E-state index in [1.165, 1.54) is 13.3 Å². The van der Waals surface area contributed by atoms with Gasteiger partial charge in [0, 0.05) is 11.9 Å². The van der Waals surface area contributed by atoms with Crippen molar-refractivity contribution in [2.24, 2.45) is 0 Å². The van der Waals surface area contributed by atoms with Crippen LogP contribution in [-0.2, 0) is 9.47 Å². The van der Waals surface area contributed by atoms with Gasteiger partial charge in [-0.15, -0.1) is 0 Å². The summed E-state index contributed by atoms with van der Waals surface area (Å²) in [5.41, 5.74) is 1.75. The van der Waals surface area contributed by atoms with Gasteiger partial charge in [-0.25, -0.2) is 4.79 Å². The fourth-order valence-electron chi connectivity index (χ4n) is 2.80. The van der Waals surface area contributed by atoms with Crippen molar-refractivity contribution in [3.05, 3.63) is 73.4 Å². The van der Waals surface area contributed by atoms with Crippen LogP contribution >= 0.6 is 23.2 Å². The lowest BCUT2D eigenvalue weighted by atomic mass is 9.86. The Hall–Kier alpha value is -2.44. The molecule has 0 saturated heterocycles. The number of aromatic nitrogens is 1. The predicted molar refractivity (Wildman–Crippen MR) is 95.2 cm³/mol. The maximum Gasteiger partial charge on any atom is 0.513 e. The Morgan fingerprint density at radius 2 is 2.00 bits per heavy atom. The van der Waals surface area contributed by atoms with E-state index in [1.54, 1.807) is 31.2 Å². The molecule has 0 radical (unpaired) electrons. The molecular formula is C17H14Cl2N2O4. The number of rotatable bonds is 2. The zero-order chi connectivity index (χ0) is 18.1. The predicted octanol–water partition coefficient (Wildman–Crippen LogP) is 4.25. The molecule has 8 heteroatoms. The third-order valence-corrected chi connectivity index (χ3v) is 4.73. The summed E-state index contributed by atoms with van der Waals surface area (Å²) in [6, 6.07) is 6.81. The molecule has 0 bridgehead atoms. The van der Waals surface area contributed by atoms with E-state index >= 15 is 0 Å². The molecular weight excluding hydrogens is 367 g/mol. The Morgan fingerprint density at radius 1 is 1.24 bits per heavy atom. The minimum absolute atomic E-state index is 0.222. The number of fused-ring (bicyclic) bond motifs is 1. The van der Waals surface area contributed by atoms with E-state index in [0.717, 1.165) is 0 Å². The van der Waals surface area contributed by atoms with Gasteiger partial charge in [0.2, 0.25) is 0 Å². The van der Waals surface area contributed by atoms with Crippen molar-refractivity contribution >= 4 is 35.0 Å². The fraction of sp³-hybridized carbons (Fsp3) is 0.176. The zero-order valence-electron chi connectivity index (χ0n) is 13.4. The van der Waals surface area contributed by atoms with E-state index < -0.39 is 12.1 Å². The molecule has 1 aliphatic heterocycles. The van der Waals surface area contributed by atoms with Crippen LogP contribution in [0.4, 0.5) is 10.5 Å². The number of halogens is 2. The van der Waals surface area contributed by atoms with Crippen LogP contribution in [0.25, 0.3) is 0 Å². The van der Waals surface area contributed by atoms with Crippen molar-refractivity contribution < 1.29 is 14.3 Å². The van der Waals surface area contributed by atoms with Gasteiger partial charge in [-0.3, -0.25) is 4.79 Å². The first-order valence-electron chi connectivity index (χ1n) is 7.33. The second-order valence-electron chi connectivity index (χ2n) is 5.38. The minimum atomic E-state index is -0.893. The van der Waals surface area contributed by atoms with Crippen LogP contribution in [0.15, 0.2) is 46.7 Å². The maximum atomic E-state index is 12.5. The number of pyridine rings is 1. The van der Waals surface area contributed by atoms with Crippen molar-refractivity contribution in [3.8, 4) is 0 Å². The lowest BCUT2D eigenvalue weighted by Crippen LogP contribution is -2.28. The highest BCUT2D eigenvalue weighted by Crippen LogP contribution is 2.44. The minimum Gasteiger partial charge on any atom is -0.437 e. The molecule has 6 nitrogen and oxygen atoms in total. The number of allylic oxidation sites excluding steroid dienone is 2. The van der Waals surface area contributed by atoms with Crippen molar-refractivity contribution in [1.82, 2.24) is 4.98 Å². The lowest BCUT2D eigenvalue weighted by molar-refractivity contribution is 0.0929. The molecule has 1 unspecified atom stereocenters. The molecule has 2 heterocycles. The molecule has 1 aromatic carbocycles. The topological polar surface area (TPSA) is 80.4 Å². The average Bonchev–Trinajstić information content (AvgIpc) is 2.58. The average molecular weight is 381 g/mol. The largest absolute Gasteiger partial charge is 0.513 e. The van der Waals surface area contributed by atoms with Gasteiger partial charge in [-0.05, 0) is 24.6 Å². The standard InChI is InChI=1S/C17H14Cl2N2O4/c1-8-15(25-17(23)24-2)12(9-4-3-5-10(18)14(9)19)13-11(21-8)6-7-20-16(13)22/h3-7,12,21H,1-2H3,(H,20,22). The summed E-state index contributed by atoms with van der Waals surface area (Å²) in [5, 5.41) is 3.68. The van der Waals surface area contributed by atoms with E-state index in [2.05, 4.69) is 15.0 Å². The zero-order valence-corrected chi connectivity index (χ0v) is 14.9. The van der Waals surface area contributed by atoms with Crippen LogP contribution in [0.1, 0.15) is 24.0 Å². The Balaban J connectivity index is 2.27. The summed E-state index contributed by atoms with van der Waals surface area (Å²) < 4.78 is 9.92. The van der Waals surface area contributed by atoms with Gasteiger partial charge >= 0.3 is 6.16 Å². The number of carbonyl (C=O) groups is 1. The highest BCUT2D eigenvalue weighted by molar-refractivity contribution is 6.42. The Labute approximate surface area is 153 Å². The number of nitrogens with one attached hydrogen (secondary N) is 2. The van der Waals surface area contributed by atoms with Crippen LogP contribution in [0.3, 0.4) is 0 Å². The van der Waals surface area contributed by atoms with E-state index in [4.69, 9.17) is 27.9 Å². The Kier molecular flexibility index (Phi) is 4.74. The number of methoxy groups -OCH3 is 1. The summed E-state index contributed by atoms with van der Waals surface area (Å²) in [6.45, 7) is 1.73. The molecule has 0 fully saturated rings. The number of hydrogen-bond donors (Lipinski definition) is 2. The van der Waals surface area contributed by atoms with Gasteiger partial charge in [-0.1, -0.05) is 35.3 Å². The first-order chi connectivity index (χ1) is 11.9. The smallest absolute Gasteiger partial charge is 0.437 e. The molecule has 0 amide bonds. The van der Waals surface area contributed by atoms with E-state index in [1.807, 2.05) is 0 Å². The molecule has 2 N–H and O–H groups in total. The molecule has 0 spiro atoms. The summed E-state index contributed by atoms with van der Waals surface area (Å²) in [6.07, 6.45) is 0.639. The van der Waals surface area contributed by atoms with Gasteiger partial charge in [-0.2, -0.15) is 0 Å². The maximum absolute atomic E-state index is 12.5. The summed E-state index contributed by atoms with van der Waals surface area (Å²) in [4.78, 5) is 26.8. The van der Waals surface area contributed by atoms with E-state index in [9.17, 15) is 9.59 Å². The van der Waals surface area contributed by atoms with Gasteiger partial charge in [0.25, 0.3) is 5.56 Å². The molecule has 0 saturated carbocycles. The van der Waals surface area contributed by atoms with Crippen LogP contribution in [0.2, 0.25) is 10.0 Å². The number of benzene rings is 1. The number of hydrogen-bond acceptors (Lipinski definition) is 5. The van der Waals surface area contributed by atoms with Gasteiger partial charge < -0.3 is 19.8 Å². The monoisotopic (exact) mass is 380 g/mol. The molecule has 1 aliphatic rings. The van der Waals surface area contributed by atoms with Crippen LogP contribution in [0, 0.1) is 0 Å². The van der Waals surface area contributed by atoms with Gasteiger partial charge in [0.1, 0.15) is 5.76 Å². The number of carbonyl (C=O) groups excluding carboxylic acids is 1. The fourth-order valence-corrected chi connectivity index (χ4v) is 3.22. The van der Waals surface area contributed by atoms with Crippen LogP contribution in [-0.4, -0.2) is 18.2 Å². The molecule has 1 aromatic heterocycles. The summed E-state index contributed by atoms with van der Waals surface area (Å²) >= 11 is 12.5. The second-order valence-corrected chi connectivity index (χ2v) is 6.17. The molecule has 1 atom stereocenters. The molecule has 0 aliphatic carbocycles. The van der Waals surface area contributed by atoms with Crippen LogP contribution < -0.4 is 10.9 Å². The number of ether oxygens (including phenoxy) is 2. The van der Waals surface area contributed by atoms with E-state index in [-0.39, 0.29) is 16.3 Å². The van der Waals surface area contributed by atoms with Crippen molar-refractivity contribution in [2.75, 3.05) is 12.4 Å². The van der Waals surface area contributed by atoms with Crippen molar-refractivity contribution in [2.45, 2.75) is 12.8 Å².